The smallest absolute Gasteiger partial charge is 0.00209 e. The molecule has 0 heterocycles. The predicted molar refractivity (Wildman–Crippen MR) is 78.7 cm³/mol. The lowest BCUT2D eigenvalue weighted by molar-refractivity contribution is 0.177. The molecule has 3 atom stereocenters. The summed E-state index contributed by atoms with van der Waals surface area (Å²) in [6.45, 7) is 3.62. The van der Waals surface area contributed by atoms with Crippen molar-refractivity contribution < 1.29 is 0 Å². The van der Waals surface area contributed by atoms with E-state index in [0.29, 0.717) is 0 Å². The highest BCUT2D eigenvalue weighted by molar-refractivity contribution is 5.14. The molecule has 0 spiro atoms. The van der Waals surface area contributed by atoms with E-state index in [4.69, 9.17) is 0 Å². The van der Waals surface area contributed by atoms with E-state index in [0.717, 1.165) is 17.8 Å². The summed E-state index contributed by atoms with van der Waals surface area (Å²) >= 11 is 0. The quantitative estimate of drug-likeness (QED) is 0.830. The summed E-state index contributed by atoms with van der Waals surface area (Å²) in [5.74, 6) is 2.75. The van der Waals surface area contributed by atoms with Crippen molar-refractivity contribution in [1.82, 2.24) is 5.32 Å². The van der Waals surface area contributed by atoms with E-state index >= 15 is 0 Å². The molecule has 1 N–H and O–H groups in total. The largest absolute Gasteiger partial charge is 0.319 e. The van der Waals surface area contributed by atoms with Crippen LogP contribution in [0.3, 0.4) is 0 Å². The van der Waals surface area contributed by atoms with Crippen LogP contribution in [0, 0.1) is 17.8 Å². The summed E-state index contributed by atoms with van der Waals surface area (Å²) in [6.07, 6.45) is 6.88. The standard InChI is InChI=1S/C17H27N/c1-14-8-10-17(13-18-2)16(12-14)11-9-15-6-4-3-5-7-15/h3-7,14,16-18H,8-13H2,1-2H3. The molecule has 1 saturated carbocycles. The summed E-state index contributed by atoms with van der Waals surface area (Å²) in [7, 11) is 2.09. The topological polar surface area (TPSA) is 12.0 Å². The van der Waals surface area contributed by atoms with E-state index in [2.05, 4.69) is 49.6 Å². The van der Waals surface area contributed by atoms with Gasteiger partial charge in [0.15, 0.2) is 0 Å². The van der Waals surface area contributed by atoms with Crippen molar-refractivity contribution in [3.8, 4) is 0 Å². The maximum Gasteiger partial charge on any atom is -0.00209 e. The second-order valence-corrected chi connectivity index (χ2v) is 6.02. The number of hydrogen-bond donors (Lipinski definition) is 1. The lowest BCUT2D eigenvalue weighted by atomic mass is 9.72. The van der Waals surface area contributed by atoms with Gasteiger partial charge in [-0.15, -0.1) is 0 Å². The number of aryl methyl sites for hydroxylation is 1. The molecule has 1 nitrogen and oxygen atoms in total. The Balaban J connectivity index is 1.88. The van der Waals surface area contributed by atoms with Crippen LogP contribution in [-0.2, 0) is 6.42 Å². The normalized spacial score (nSPS) is 28.2. The van der Waals surface area contributed by atoms with Crippen molar-refractivity contribution in [3.63, 3.8) is 0 Å². The zero-order valence-corrected chi connectivity index (χ0v) is 11.9. The Morgan fingerprint density at radius 2 is 1.89 bits per heavy atom. The van der Waals surface area contributed by atoms with E-state index in [1.165, 1.54) is 44.2 Å². The Morgan fingerprint density at radius 1 is 1.11 bits per heavy atom. The number of hydrogen-bond acceptors (Lipinski definition) is 1. The molecular formula is C17H27N. The third-order valence-electron chi connectivity index (χ3n) is 4.51. The number of rotatable bonds is 5. The van der Waals surface area contributed by atoms with Gasteiger partial charge < -0.3 is 5.32 Å². The van der Waals surface area contributed by atoms with Crippen LogP contribution in [0.2, 0.25) is 0 Å². The van der Waals surface area contributed by atoms with Gasteiger partial charge in [0.1, 0.15) is 0 Å². The molecular weight excluding hydrogens is 218 g/mol. The first-order valence-electron chi connectivity index (χ1n) is 7.48. The molecule has 0 aromatic heterocycles. The van der Waals surface area contributed by atoms with Gasteiger partial charge in [0.2, 0.25) is 0 Å². The van der Waals surface area contributed by atoms with Crippen LogP contribution < -0.4 is 5.32 Å². The third-order valence-corrected chi connectivity index (χ3v) is 4.51. The summed E-state index contributed by atoms with van der Waals surface area (Å²) in [4.78, 5) is 0. The fraction of sp³-hybridized carbons (Fsp3) is 0.647. The summed E-state index contributed by atoms with van der Waals surface area (Å²) in [5.41, 5.74) is 1.50. The molecule has 1 aliphatic carbocycles. The second-order valence-electron chi connectivity index (χ2n) is 6.02. The van der Waals surface area contributed by atoms with Gasteiger partial charge in [-0.2, -0.15) is 0 Å². The number of benzene rings is 1. The molecule has 18 heavy (non-hydrogen) atoms. The van der Waals surface area contributed by atoms with Gasteiger partial charge in [0.05, 0.1) is 0 Å². The first-order chi connectivity index (χ1) is 8.79. The Bertz CT molecular complexity index is 333. The van der Waals surface area contributed by atoms with Gasteiger partial charge in [-0.05, 0) is 62.6 Å². The lowest BCUT2D eigenvalue weighted by Gasteiger charge is -2.35. The maximum absolute atomic E-state index is 3.38. The van der Waals surface area contributed by atoms with Crippen LogP contribution in [0.15, 0.2) is 30.3 Å². The van der Waals surface area contributed by atoms with E-state index in [1.54, 1.807) is 0 Å². The van der Waals surface area contributed by atoms with Crippen LogP contribution in [0.5, 0.6) is 0 Å². The van der Waals surface area contributed by atoms with Gasteiger partial charge in [-0.25, -0.2) is 0 Å². The summed E-state index contributed by atoms with van der Waals surface area (Å²) in [6, 6.07) is 10.9. The van der Waals surface area contributed by atoms with Gasteiger partial charge in [0.25, 0.3) is 0 Å². The van der Waals surface area contributed by atoms with E-state index in [9.17, 15) is 0 Å². The Kier molecular flexibility index (Phi) is 5.25. The molecule has 0 aliphatic heterocycles. The highest BCUT2D eigenvalue weighted by atomic mass is 14.8. The first-order valence-corrected chi connectivity index (χ1v) is 7.48. The molecule has 1 aromatic carbocycles. The average molecular weight is 245 g/mol. The monoisotopic (exact) mass is 245 g/mol. The van der Waals surface area contributed by atoms with E-state index in [-0.39, 0.29) is 0 Å². The van der Waals surface area contributed by atoms with Crippen molar-refractivity contribution in [3.05, 3.63) is 35.9 Å². The molecule has 1 fully saturated rings. The van der Waals surface area contributed by atoms with Gasteiger partial charge in [-0.1, -0.05) is 43.7 Å². The average Bonchev–Trinajstić information content (AvgIpc) is 2.40. The molecule has 100 valence electrons. The van der Waals surface area contributed by atoms with Gasteiger partial charge in [-0.3, -0.25) is 0 Å². The molecule has 0 bridgehead atoms. The number of nitrogens with one attached hydrogen (secondary N) is 1. The van der Waals surface area contributed by atoms with Crippen LogP contribution in [0.4, 0.5) is 0 Å². The molecule has 0 radical (unpaired) electrons. The molecule has 3 unspecified atom stereocenters. The van der Waals surface area contributed by atoms with Crippen molar-refractivity contribution in [2.75, 3.05) is 13.6 Å². The highest BCUT2D eigenvalue weighted by Crippen LogP contribution is 2.36. The summed E-state index contributed by atoms with van der Waals surface area (Å²) < 4.78 is 0. The first kappa shape index (κ1) is 13.6. The Hall–Kier alpha value is -0.820. The zero-order chi connectivity index (χ0) is 12.8. The highest BCUT2D eigenvalue weighted by Gasteiger charge is 2.27. The minimum Gasteiger partial charge on any atom is -0.319 e. The Morgan fingerprint density at radius 3 is 2.61 bits per heavy atom. The maximum atomic E-state index is 3.38. The molecule has 1 heteroatoms. The van der Waals surface area contributed by atoms with Gasteiger partial charge >= 0.3 is 0 Å². The van der Waals surface area contributed by atoms with Crippen molar-refractivity contribution in [1.29, 1.82) is 0 Å². The SMILES string of the molecule is CNCC1CCC(C)CC1CCc1ccccc1. The van der Waals surface area contributed by atoms with Crippen LogP contribution in [-0.4, -0.2) is 13.6 Å². The summed E-state index contributed by atoms with van der Waals surface area (Å²) in [5, 5.41) is 3.38. The molecule has 1 aliphatic rings. The van der Waals surface area contributed by atoms with Crippen molar-refractivity contribution in [2.24, 2.45) is 17.8 Å². The second kappa shape index (κ2) is 6.94. The minimum absolute atomic E-state index is 0.898. The lowest BCUT2D eigenvalue weighted by Crippen LogP contribution is -2.31. The molecule has 1 aromatic rings. The van der Waals surface area contributed by atoms with E-state index < -0.39 is 0 Å². The zero-order valence-electron chi connectivity index (χ0n) is 11.9. The Labute approximate surface area is 112 Å². The molecule has 0 amide bonds. The van der Waals surface area contributed by atoms with Crippen LogP contribution >= 0.6 is 0 Å². The van der Waals surface area contributed by atoms with E-state index in [1.807, 2.05) is 0 Å². The minimum atomic E-state index is 0.898. The fourth-order valence-corrected chi connectivity index (χ4v) is 3.44. The third kappa shape index (κ3) is 3.84. The fourth-order valence-electron chi connectivity index (χ4n) is 3.44. The van der Waals surface area contributed by atoms with Crippen LogP contribution in [0.25, 0.3) is 0 Å². The molecule has 0 saturated heterocycles. The molecule has 2 rings (SSSR count). The predicted octanol–water partition coefficient (Wildman–Crippen LogP) is 3.89. The van der Waals surface area contributed by atoms with Crippen LogP contribution in [0.1, 0.15) is 38.2 Å². The van der Waals surface area contributed by atoms with Gasteiger partial charge in [0, 0.05) is 0 Å². The van der Waals surface area contributed by atoms with Crippen molar-refractivity contribution in [2.45, 2.75) is 39.0 Å². The van der Waals surface area contributed by atoms with Crippen molar-refractivity contribution >= 4 is 0 Å².